The first-order valence-electron chi connectivity index (χ1n) is 20.4. The fourth-order valence-corrected chi connectivity index (χ4v) is 7.96. The number of benzene rings is 7. The van der Waals surface area contributed by atoms with E-state index in [2.05, 4.69) is 54.6 Å². The minimum Gasteiger partial charge on any atom is -0.294 e. The van der Waals surface area contributed by atoms with Gasteiger partial charge >= 0.3 is 0 Å². The molecule has 0 atom stereocenters. The van der Waals surface area contributed by atoms with Gasteiger partial charge in [0.2, 0.25) is 0 Å². The Bertz CT molecular complexity index is 2240. The molecule has 0 aliphatic carbocycles. The number of nitrogens with zero attached hydrogens (tertiary/aromatic N) is 1. The molecule has 290 valence electrons. The summed E-state index contributed by atoms with van der Waals surface area (Å²) in [6.45, 7) is 0. The van der Waals surface area contributed by atoms with Crippen LogP contribution in [0.25, 0.3) is 0 Å². The van der Waals surface area contributed by atoms with E-state index < -0.39 is 5.92 Å². The van der Waals surface area contributed by atoms with E-state index in [-0.39, 0.29) is 29.2 Å². The Morgan fingerprint density at radius 2 is 0.542 bits per heavy atom. The molecule has 0 aromatic heterocycles. The average molecular weight is 770 g/mol. The van der Waals surface area contributed by atoms with Gasteiger partial charge in [0.25, 0.3) is 0 Å². The van der Waals surface area contributed by atoms with E-state index in [1.807, 2.05) is 121 Å². The fourth-order valence-electron chi connectivity index (χ4n) is 7.96. The van der Waals surface area contributed by atoms with Crippen molar-refractivity contribution in [1.29, 1.82) is 5.26 Å². The summed E-state index contributed by atoms with van der Waals surface area (Å²) in [5.41, 5.74) is 8.74. The Kier molecular flexibility index (Phi) is 13.6. The van der Waals surface area contributed by atoms with Crippen LogP contribution in [0.3, 0.4) is 0 Å². The molecule has 0 bridgehead atoms. The molecule has 7 aromatic carbocycles. The summed E-state index contributed by atoms with van der Waals surface area (Å²) in [6.07, 6.45) is 3.49. The van der Waals surface area contributed by atoms with Gasteiger partial charge < -0.3 is 0 Å². The smallest absolute Gasteiger partial charge is 0.166 e. The van der Waals surface area contributed by atoms with Crippen LogP contribution < -0.4 is 0 Å². The number of carbonyl (C=O) groups is 3. The molecule has 4 heteroatoms. The van der Waals surface area contributed by atoms with E-state index in [9.17, 15) is 19.6 Å². The van der Waals surface area contributed by atoms with Gasteiger partial charge in [-0.05, 0) is 84.0 Å². The maximum Gasteiger partial charge on any atom is 0.166 e. The zero-order chi connectivity index (χ0) is 40.8. The van der Waals surface area contributed by atoms with E-state index in [4.69, 9.17) is 0 Å². The van der Waals surface area contributed by atoms with Crippen LogP contribution in [0, 0.1) is 29.1 Å². The van der Waals surface area contributed by atoms with Crippen LogP contribution in [0.2, 0.25) is 0 Å². The van der Waals surface area contributed by atoms with Crippen LogP contribution in [-0.2, 0) is 38.5 Å². The normalized spacial score (nSPS) is 11.1. The number of hydrogen-bond acceptors (Lipinski definition) is 4. The quantitative estimate of drug-likeness (QED) is 0.0815. The molecule has 7 rings (SSSR count). The molecule has 0 aliphatic rings. The van der Waals surface area contributed by atoms with Gasteiger partial charge in [-0.15, -0.1) is 0 Å². The van der Waals surface area contributed by atoms with Crippen LogP contribution in [0.5, 0.6) is 0 Å². The van der Waals surface area contributed by atoms with Gasteiger partial charge in [0.05, 0.1) is 11.6 Å². The molecule has 0 saturated heterocycles. The number of rotatable bonds is 18. The second-order valence-electron chi connectivity index (χ2n) is 15.4. The molecule has 0 unspecified atom stereocenters. The molecule has 0 saturated carbocycles. The van der Waals surface area contributed by atoms with E-state index in [0.717, 1.165) is 33.4 Å². The van der Waals surface area contributed by atoms with Gasteiger partial charge in [0.15, 0.2) is 17.3 Å². The summed E-state index contributed by atoms with van der Waals surface area (Å²) in [4.78, 5) is 42.3. The minimum atomic E-state index is -0.418. The number of hydrogen-bond donors (Lipinski definition) is 0. The van der Waals surface area contributed by atoms with Crippen molar-refractivity contribution in [3.05, 3.63) is 250 Å². The second kappa shape index (κ2) is 19.9. The van der Waals surface area contributed by atoms with Gasteiger partial charge in [0, 0.05) is 34.4 Å². The lowest BCUT2D eigenvalue weighted by Gasteiger charge is -2.19. The Labute approximate surface area is 347 Å². The molecule has 0 heterocycles. The number of ketones is 3. The van der Waals surface area contributed by atoms with Gasteiger partial charge in [0.1, 0.15) is 0 Å². The van der Waals surface area contributed by atoms with E-state index >= 15 is 0 Å². The van der Waals surface area contributed by atoms with Gasteiger partial charge in [-0.1, -0.05) is 182 Å². The highest BCUT2D eigenvalue weighted by Gasteiger charge is 2.25. The predicted molar refractivity (Wildman–Crippen MR) is 235 cm³/mol. The first kappa shape index (κ1) is 40.2. The summed E-state index contributed by atoms with van der Waals surface area (Å²) in [5.74, 6) is -0.695. The van der Waals surface area contributed by atoms with E-state index in [1.54, 1.807) is 24.3 Å². The zero-order valence-corrected chi connectivity index (χ0v) is 33.1. The minimum absolute atomic E-state index is 0.0219. The lowest BCUT2D eigenvalue weighted by molar-refractivity contribution is 0.0909. The highest BCUT2D eigenvalue weighted by molar-refractivity contribution is 6.00. The van der Waals surface area contributed by atoms with E-state index in [0.29, 0.717) is 60.8 Å². The second-order valence-corrected chi connectivity index (χ2v) is 15.4. The highest BCUT2D eigenvalue weighted by atomic mass is 16.1. The Hall–Kier alpha value is -6.96. The summed E-state index contributed by atoms with van der Waals surface area (Å²) < 4.78 is 0. The summed E-state index contributed by atoms with van der Waals surface area (Å²) >= 11 is 0. The van der Waals surface area contributed by atoms with Crippen LogP contribution in [0.1, 0.15) is 70.0 Å². The average Bonchev–Trinajstić information content (AvgIpc) is 3.29. The molecule has 0 amide bonds. The van der Waals surface area contributed by atoms with Crippen molar-refractivity contribution < 1.29 is 14.4 Å². The van der Waals surface area contributed by atoms with Crippen molar-refractivity contribution in [2.75, 3.05) is 0 Å². The first-order valence-corrected chi connectivity index (χ1v) is 20.4. The molecule has 0 N–H and O–H groups in total. The summed E-state index contributed by atoms with van der Waals surface area (Å²) in [6, 6.07) is 64.9. The Morgan fingerprint density at radius 1 is 0.322 bits per heavy atom. The lowest BCUT2D eigenvalue weighted by atomic mass is 9.83. The number of Topliss-reactive ketones (excluding diaryl/α,β-unsaturated/α-hetero) is 3. The molecule has 0 spiro atoms. The highest BCUT2D eigenvalue weighted by Crippen LogP contribution is 2.26. The Balaban J connectivity index is 1.10. The third-order valence-corrected chi connectivity index (χ3v) is 11.2. The topological polar surface area (TPSA) is 75.0 Å². The van der Waals surface area contributed by atoms with E-state index in [1.165, 1.54) is 0 Å². The molecule has 0 fully saturated rings. The third-order valence-electron chi connectivity index (χ3n) is 11.2. The third kappa shape index (κ3) is 11.1. The molecular formula is C55H47NO3. The maximum absolute atomic E-state index is 14.2. The van der Waals surface area contributed by atoms with Crippen molar-refractivity contribution in [2.24, 2.45) is 17.8 Å². The first-order chi connectivity index (χ1) is 28.9. The largest absolute Gasteiger partial charge is 0.294 e. The van der Waals surface area contributed by atoms with Gasteiger partial charge in [-0.2, -0.15) is 5.26 Å². The monoisotopic (exact) mass is 769 g/mol. The fraction of sp³-hybridized carbons (Fsp3) is 0.164. The van der Waals surface area contributed by atoms with Crippen molar-refractivity contribution >= 4 is 17.3 Å². The summed E-state index contributed by atoms with van der Waals surface area (Å²) in [5, 5.41) is 9.37. The zero-order valence-electron chi connectivity index (χ0n) is 33.1. The molecule has 0 radical (unpaired) electrons. The van der Waals surface area contributed by atoms with Crippen LogP contribution in [-0.4, -0.2) is 17.3 Å². The molecule has 7 aromatic rings. The predicted octanol–water partition coefficient (Wildman–Crippen LogP) is 11.4. The number of carbonyl (C=O) groups excluding carboxylic acids is 3. The molecule has 0 aliphatic heterocycles. The summed E-state index contributed by atoms with van der Waals surface area (Å²) in [7, 11) is 0. The Morgan fingerprint density at radius 3 is 0.780 bits per heavy atom. The SMILES string of the molecule is N#Cc1ccc(C(=O)C(Cc2ccc(C(=O)C(Cc3ccccc3)Cc3ccccc3)cc2)Cc2ccc(C(=O)C(Cc3ccccc3)Cc3ccccc3)cc2)cc1. The van der Waals surface area contributed by atoms with Crippen molar-refractivity contribution in [1.82, 2.24) is 0 Å². The molecule has 59 heavy (non-hydrogen) atoms. The van der Waals surface area contributed by atoms with Crippen LogP contribution in [0.4, 0.5) is 0 Å². The number of nitriles is 1. The van der Waals surface area contributed by atoms with Crippen molar-refractivity contribution in [3.8, 4) is 6.07 Å². The van der Waals surface area contributed by atoms with Crippen LogP contribution >= 0.6 is 0 Å². The van der Waals surface area contributed by atoms with Crippen LogP contribution in [0.15, 0.2) is 194 Å². The van der Waals surface area contributed by atoms with Gasteiger partial charge in [-0.3, -0.25) is 14.4 Å². The molecule has 4 nitrogen and oxygen atoms in total. The van der Waals surface area contributed by atoms with Gasteiger partial charge in [-0.25, -0.2) is 0 Å². The standard InChI is InChI=1S/C55H47NO3/c56-39-46-25-31-49(32-26-46)55(59)52(37-44-21-27-47(28-22-44)53(57)50(33-40-13-5-1-6-14-40)34-41-15-7-2-8-16-41)38-45-23-29-48(30-24-45)54(58)51(35-42-17-9-3-10-18-42)36-43-19-11-4-12-20-43/h1-32,50-52H,33-38H2. The van der Waals surface area contributed by atoms with Crippen molar-refractivity contribution in [3.63, 3.8) is 0 Å². The lowest BCUT2D eigenvalue weighted by Crippen LogP contribution is -2.22. The van der Waals surface area contributed by atoms with Crippen molar-refractivity contribution in [2.45, 2.75) is 38.5 Å². The maximum atomic E-state index is 14.2. The molecular weight excluding hydrogens is 723 g/mol.